The van der Waals surface area contributed by atoms with Crippen molar-refractivity contribution in [3.8, 4) is 0 Å². The number of ether oxygens (including phenoxy) is 1. The third kappa shape index (κ3) is 2.88. The van der Waals surface area contributed by atoms with Crippen LogP contribution in [0, 0.1) is 0 Å². The number of benzene rings is 1. The number of imide groups is 1. The van der Waals surface area contributed by atoms with E-state index in [1.165, 1.54) is 11.8 Å². The van der Waals surface area contributed by atoms with E-state index in [9.17, 15) is 9.59 Å². The molecule has 0 aliphatic carbocycles. The van der Waals surface area contributed by atoms with Gasteiger partial charge in [0.1, 0.15) is 6.61 Å². The molecular formula is C11H11ClN2O3S. The lowest BCUT2D eigenvalue weighted by Gasteiger charge is -2.10. The summed E-state index contributed by atoms with van der Waals surface area (Å²) in [6.45, 7) is 0.567. The molecule has 0 atom stereocenters. The van der Waals surface area contributed by atoms with Gasteiger partial charge in [-0.1, -0.05) is 11.6 Å². The van der Waals surface area contributed by atoms with Crippen molar-refractivity contribution in [2.75, 3.05) is 24.6 Å². The molecule has 0 saturated carbocycles. The summed E-state index contributed by atoms with van der Waals surface area (Å²) in [7, 11) is 0. The number of hydrogen-bond donors (Lipinski definition) is 1. The minimum Gasteiger partial charge on any atom is -0.447 e. The van der Waals surface area contributed by atoms with Gasteiger partial charge in [0.25, 0.3) is 0 Å². The van der Waals surface area contributed by atoms with Crippen molar-refractivity contribution in [3.63, 3.8) is 0 Å². The largest absolute Gasteiger partial charge is 0.447 e. The molecule has 96 valence electrons. The average molecular weight is 287 g/mol. The summed E-state index contributed by atoms with van der Waals surface area (Å²) < 4.78 is 4.69. The number of nitrogens with zero attached hydrogens (tertiary/aromatic N) is 1. The van der Waals surface area contributed by atoms with Gasteiger partial charge in [-0.05, 0) is 18.2 Å². The average Bonchev–Trinajstić information content (AvgIpc) is 2.76. The third-order valence-electron chi connectivity index (χ3n) is 2.37. The molecule has 18 heavy (non-hydrogen) atoms. The molecule has 1 fully saturated rings. The summed E-state index contributed by atoms with van der Waals surface area (Å²) in [6, 6.07) is 5.06. The van der Waals surface area contributed by atoms with Crippen LogP contribution in [0.15, 0.2) is 23.1 Å². The Morgan fingerprint density at radius 1 is 1.56 bits per heavy atom. The number of carbonyl (C=O) groups excluding carboxylic acids is 2. The van der Waals surface area contributed by atoms with E-state index in [4.69, 9.17) is 22.1 Å². The molecule has 1 aliphatic rings. The van der Waals surface area contributed by atoms with Crippen LogP contribution < -0.4 is 5.73 Å². The molecule has 0 aromatic heterocycles. The Hall–Kier alpha value is -1.40. The summed E-state index contributed by atoms with van der Waals surface area (Å²) in [6.07, 6.45) is -0.584. The summed E-state index contributed by atoms with van der Waals surface area (Å²) in [5.74, 6) is -0.167. The van der Waals surface area contributed by atoms with E-state index < -0.39 is 6.09 Å². The normalized spacial score (nSPS) is 14.7. The van der Waals surface area contributed by atoms with Gasteiger partial charge in [-0.3, -0.25) is 4.79 Å². The molecule has 0 unspecified atom stereocenters. The summed E-state index contributed by atoms with van der Waals surface area (Å²) in [5, 5.41) is 0.533. The first kappa shape index (κ1) is 13.0. The lowest BCUT2D eigenvalue weighted by Crippen LogP contribution is -2.32. The maximum atomic E-state index is 11.8. The topological polar surface area (TPSA) is 72.6 Å². The van der Waals surface area contributed by atoms with Crippen LogP contribution in [0.5, 0.6) is 0 Å². The van der Waals surface area contributed by atoms with Crippen molar-refractivity contribution < 1.29 is 14.3 Å². The molecular weight excluding hydrogens is 276 g/mol. The second kappa shape index (κ2) is 5.49. The Morgan fingerprint density at radius 3 is 3.00 bits per heavy atom. The number of cyclic esters (lactones) is 1. The smallest absolute Gasteiger partial charge is 0.416 e. The lowest BCUT2D eigenvalue weighted by atomic mass is 10.3. The quantitative estimate of drug-likeness (QED) is 0.679. The first-order valence-corrected chi connectivity index (χ1v) is 6.59. The zero-order chi connectivity index (χ0) is 13.1. The standard InChI is InChI=1S/C11H11ClN2O3S/c12-8-2-1-7(13)5-9(8)18-6-10(15)14-3-4-17-11(14)16/h1-2,5H,3-4,6,13H2. The van der Waals surface area contributed by atoms with Crippen LogP contribution in [0.4, 0.5) is 10.5 Å². The fourth-order valence-corrected chi connectivity index (χ4v) is 2.61. The maximum Gasteiger partial charge on any atom is 0.416 e. The van der Waals surface area contributed by atoms with Crippen molar-refractivity contribution in [2.24, 2.45) is 0 Å². The van der Waals surface area contributed by atoms with E-state index in [1.807, 2.05) is 0 Å². The van der Waals surface area contributed by atoms with Crippen LogP contribution in [-0.4, -0.2) is 35.8 Å². The summed E-state index contributed by atoms with van der Waals surface area (Å²) in [4.78, 5) is 24.7. The van der Waals surface area contributed by atoms with Crippen LogP contribution >= 0.6 is 23.4 Å². The Balaban J connectivity index is 1.97. The van der Waals surface area contributed by atoms with Crippen molar-refractivity contribution in [3.05, 3.63) is 23.2 Å². The molecule has 0 bridgehead atoms. The first-order valence-electron chi connectivity index (χ1n) is 5.23. The predicted octanol–water partition coefficient (Wildman–Crippen LogP) is 1.99. The molecule has 2 N–H and O–H groups in total. The van der Waals surface area contributed by atoms with Crippen molar-refractivity contribution in [2.45, 2.75) is 4.90 Å². The van der Waals surface area contributed by atoms with Crippen LogP contribution in [0.25, 0.3) is 0 Å². The van der Waals surface area contributed by atoms with Gasteiger partial charge in [0, 0.05) is 10.6 Å². The molecule has 0 spiro atoms. The minimum absolute atomic E-state index is 0.123. The van der Waals surface area contributed by atoms with Gasteiger partial charge in [0.05, 0.1) is 17.3 Å². The first-order chi connectivity index (χ1) is 8.58. The fourth-order valence-electron chi connectivity index (χ4n) is 1.47. The van der Waals surface area contributed by atoms with Gasteiger partial charge in [0.2, 0.25) is 5.91 Å². The van der Waals surface area contributed by atoms with E-state index in [1.54, 1.807) is 18.2 Å². The molecule has 5 nitrogen and oxygen atoms in total. The Morgan fingerprint density at radius 2 is 2.33 bits per heavy atom. The Kier molecular flexibility index (Phi) is 3.98. The van der Waals surface area contributed by atoms with Gasteiger partial charge < -0.3 is 10.5 Å². The van der Waals surface area contributed by atoms with Gasteiger partial charge in [-0.25, -0.2) is 9.69 Å². The van der Waals surface area contributed by atoms with E-state index >= 15 is 0 Å². The third-order valence-corrected chi connectivity index (χ3v) is 3.85. The number of nitrogens with two attached hydrogens (primary N) is 1. The molecule has 1 saturated heterocycles. The van der Waals surface area contributed by atoms with Gasteiger partial charge in [0.15, 0.2) is 0 Å². The minimum atomic E-state index is -0.584. The SMILES string of the molecule is Nc1ccc(Cl)c(SCC(=O)N2CCOC2=O)c1. The Labute approximate surface area is 113 Å². The van der Waals surface area contributed by atoms with Gasteiger partial charge in [-0.15, -0.1) is 11.8 Å². The second-order valence-electron chi connectivity index (χ2n) is 3.64. The zero-order valence-corrected chi connectivity index (χ0v) is 11.0. The molecule has 0 radical (unpaired) electrons. The predicted molar refractivity (Wildman–Crippen MR) is 69.6 cm³/mol. The molecule has 2 rings (SSSR count). The van der Waals surface area contributed by atoms with Gasteiger partial charge >= 0.3 is 6.09 Å². The van der Waals surface area contributed by atoms with Crippen LogP contribution in [0.3, 0.4) is 0 Å². The van der Waals surface area contributed by atoms with Crippen LogP contribution in [0.1, 0.15) is 0 Å². The molecule has 1 aromatic carbocycles. The van der Waals surface area contributed by atoms with E-state index in [0.717, 1.165) is 9.80 Å². The number of halogens is 1. The van der Waals surface area contributed by atoms with Crippen LogP contribution in [-0.2, 0) is 9.53 Å². The molecule has 7 heteroatoms. The molecule has 1 aliphatic heterocycles. The molecule has 2 amide bonds. The fraction of sp³-hybridized carbons (Fsp3) is 0.273. The number of rotatable bonds is 3. The number of carbonyl (C=O) groups is 2. The maximum absolute atomic E-state index is 11.8. The highest BCUT2D eigenvalue weighted by molar-refractivity contribution is 8.00. The number of anilines is 1. The van der Waals surface area contributed by atoms with E-state index in [0.29, 0.717) is 17.3 Å². The highest BCUT2D eigenvalue weighted by atomic mass is 35.5. The van der Waals surface area contributed by atoms with Crippen LogP contribution in [0.2, 0.25) is 5.02 Å². The van der Waals surface area contributed by atoms with Crippen molar-refractivity contribution in [1.29, 1.82) is 0 Å². The second-order valence-corrected chi connectivity index (χ2v) is 5.06. The highest BCUT2D eigenvalue weighted by Gasteiger charge is 2.28. The molecule has 1 heterocycles. The number of hydrogen-bond acceptors (Lipinski definition) is 5. The monoisotopic (exact) mass is 286 g/mol. The number of amides is 2. The Bertz CT molecular complexity index is 495. The lowest BCUT2D eigenvalue weighted by molar-refractivity contribution is -0.124. The van der Waals surface area contributed by atoms with E-state index in [2.05, 4.69) is 0 Å². The number of nitrogen functional groups attached to an aromatic ring is 1. The van der Waals surface area contributed by atoms with E-state index in [-0.39, 0.29) is 18.3 Å². The highest BCUT2D eigenvalue weighted by Crippen LogP contribution is 2.29. The van der Waals surface area contributed by atoms with Crippen molar-refractivity contribution in [1.82, 2.24) is 4.90 Å². The summed E-state index contributed by atoms with van der Waals surface area (Å²) >= 11 is 7.22. The van der Waals surface area contributed by atoms with Crippen molar-refractivity contribution >= 4 is 41.1 Å². The zero-order valence-electron chi connectivity index (χ0n) is 9.39. The summed E-state index contributed by atoms with van der Waals surface area (Å²) in [5.41, 5.74) is 6.22. The van der Waals surface area contributed by atoms with Gasteiger partial charge in [-0.2, -0.15) is 0 Å². The molecule has 1 aromatic rings. The number of thioether (sulfide) groups is 1.